The first-order chi connectivity index (χ1) is 9.81. The zero-order chi connectivity index (χ0) is 15.7. The van der Waals surface area contributed by atoms with Gasteiger partial charge in [0.25, 0.3) is 5.95 Å². The zero-order valence-electron chi connectivity index (χ0n) is 11.0. The van der Waals surface area contributed by atoms with Crippen LogP contribution in [0.4, 0.5) is 0 Å². The van der Waals surface area contributed by atoms with E-state index in [1.165, 1.54) is 6.92 Å². The number of hydrogen-bond acceptors (Lipinski definition) is 9. The molecule has 1 saturated heterocycles. The lowest BCUT2D eigenvalue weighted by atomic mass is 10.0. The molecule has 1 aliphatic heterocycles. The molecule has 0 bridgehead atoms. The van der Waals surface area contributed by atoms with E-state index < -0.39 is 48.0 Å². The van der Waals surface area contributed by atoms with Crippen LogP contribution < -0.4 is 5.63 Å². The highest BCUT2D eigenvalue weighted by Crippen LogP contribution is 2.25. The molecule has 9 heteroatoms. The maximum Gasteiger partial charge on any atom is 0.381 e. The van der Waals surface area contributed by atoms with Crippen LogP contribution in [0.15, 0.2) is 15.3 Å². The lowest BCUT2D eigenvalue weighted by Crippen LogP contribution is -2.57. The van der Waals surface area contributed by atoms with Gasteiger partial charge in [-0.15, -0.1) is 0 Å². The van der Waals surface area contributed by atoms with Crippen LogP contribution in [-0.2, 0) is 16.1 Å². The Morgan fingerprint density at radius 1 is 1.19 bits per heavy atom. The summed E-state index contributed by atoms with van der Waals surface area (Å²) in [5, 5.41) is 47.5. The average molecular weight is 304 g/mol. The van der Waals surface area contributed by atoms with Gasteiger partial charge >= 0.3 is 5.63 Å². The second-order valence-corrected chi connectivity index (χ2v) is 4.74. The van der Waals surface area contributed by atoms with Crippen molar-refractivity contribution in [2.24, 2.45) is 0 Å². The van der Waals surface area contributed by atoms with Crippen LogP contribution in [0.2, 0.25) is 0 Å². The Morgan fingerprint density at radius 3 is 2.52 bits per heavy atom. The summed E-state index contributed by atoms with van der Waals surface area (Å²) in [7, 11) is 0. The summed E-state index contributed by atoms with van der Waals surface area (Å²) in [6.45, 7) is 1.13. The van der Waals surface area contributed by atoms with Crippen molar-refractivity contribution in [3.8, 4) is 11.7 Å². The van der Waals surface area contributed by atoms with Crippen molar-refractivity contribution < 1.29 is 39.4 Å². The van der Waals surface area contributed by atoms with E-state index >= 15 is 0 Å². The third-order valence-corrected chi connectivity index (χ3v) is 3.20. The standard InChI is InChI=1S/C12H16O9/c1-4-7(14)8(15)9(16)12(20-4)19-3-5-2-6(13)11(18)21-10(5)17/h2,4,7-9,12-17H,3H2,1H3/t4-,7-,8+,9+,12+/m0/s1. The van der Waals surface area contributed by atoms with E-state index in [9.17, 15) is 30.3 Å². The number of hydrogen-bond donors (Lipinski definition) is 5. The fourth-order valence-corrected chi connectivity index (χ4v) is 1.92. The summed E-state index contributed by atoms with van der Waals surface area (Å²) in [5.41, 5.74) is -1.14. The zero-order valence-corrected chi connectivity index (χ0v) is 11.0. The highest BCUT2D eigenvalue weighted by Gasteiger charge is 2.42. The quantitative estimate of drug-likeness (QED) is 0.444. The Morgan fingerprint density at radius 2 is 1.86 bits per heavy atom. The number of ether oxygens (including phenoxy) is 2. The fraction of sp³-hybridized carbons (Fsp3) is 0.583. The highest BCUT2D eigenvalue weighted by molar-refractivity contribution is 5.28. The second kappa shape index (κ2) is 6.00. The Labute approximate surface area is 118 Å². The van der Waals surface area contributed by atoms with Crippen LogP contribution in [0, 0.1) is 0 Å². The smallest absolute Gasteiger partial charge is 0.381 e. The van der Waals surface area contributed by atoms with Gasteiger partial charge in [0, 0.05) is 6.07 Å². The lowest BCUT2D eigenvalue weighted by molar-refractivity contribution is -0.296. The number of aliphatic hydroxyl groups is 3. The van der Waals surface area contributed by atoms with E-state index in [0.717, 1.165) is 6.07 Å². The topological polar surface area (TPSA) is 150 Å². The van der Waals surface area contributed by atoms with Crippen molar-refractivity contribution in [1.82, 2.24) is 0 Å². The van der Waals surface area contributed by atoms with Crippen molar-refractivity contribution in [3.63, 3.8) is 0 Å². The maximum atomic E-state index is 10.9. The van der Waals surface area contributed by atoms with E-state index in [-0.39, 0.29) is 12.2 Å². The molecule has 0 amide bonds. The first kappa shape index (κ1) is 15.7. The minimum Gasteiger partial charge on any atom is -0.502 e. The molecule has 2 rings (SSSR count). The molecule has 1 aromatic rings. The SMILES string of the molecule is C[C@@H]1O[C@@H](OCc2cc(O)c(=O)oc2O)[C@H](O)[C@H](O)[C@H]1O. The van der Waals surface area contributed by atoms with Gasteiger partial charge in [0.2, 0.25) is 5.75 Å². The normalized spacial score (nSPS) is 33.0. The monoisotopic (exact) mass is 304 g/mol. The first-order valence-electron chi connectivity index (χ1n) is 6.17. The molecule has 0 radical (unpaired) electrons. The summed E-state index contributed by atoms with van der Waals surface area (Å²) in [4.78, 5) is 10.9. The van der Waals surface area contributed by atoms with Crippen molar-refractivity contribution >= 4 is 0 Å². The van der Waals surface area contributed by atoms with E-state index in [1.807, 2.05) is 0 Å². The largest absolute Gasteiger partial charge is 0.502 e. The molecule has 0 spiro atoms. The van der Waals surface area contributed by atoms with Gasteiger partial charge in [-0.05, 0) is 6.92 Å². The van der Waals surface area contributed by atoms with Gasteiger partial charge in [0.1, 0.15) is 18.3 Å². The van der Waals surface area contributed by atoms with Crippen LogP contribution in [-0.4, -0.2) is 56.2 Å². The van der Waals surface area contributed by atoms with Crippen LogP contribution in [0.25, 0.3) is 0 Å². The van der Waals surface area contributed by atoms with E-state index in [2.05, 4.69) is 4.42 Å². The molecule has 0 unspecified atom stereocenters. The van der Waals surface area contributed by atoms with Gasteiger partial charge in [-0.2, -0.15) is 0 Å². The Balaban J connectivity index is 2.06. The summed E-state index contributed by atoms with van der Waals surface area (Å²) in [6, 6.07) is 0.949. The number of aromatic hydroxyl groups is 2. The third-order valence-electron chi connectivity index (χ3n) is 3.20. The molecule has 9 nitrogen and oxygen atoms in total. The second-order valence-electron chi connectivity index (χ2n) is 4.74. The molecule has 0 saturated carbocycles. The van der Waals surface area contributed by atoms with Gasteiger partial charge in [-0.1, -0.05) is 0 Å². The van der Waals surface area contributed by atoms with Crippen molar-refractivity contribution in [2.75, 3.05) is 0 Å². The molecule has 0 aromatic carbocycles. The molecule has 1 aromatic heterocycles. The molecular formula is C12H16O9. The van der Waals surface area contributed by atoms with Crippen LogP contribution in [0.5, 0.6) is 11.7 Å². The van der Waals surface area contributed by atoms with Gasteiger partial charge in [0.15, 0.2) is 6.29 Å². The van der Waals surface area contributed by atoms with Crippen molar-refractivity contribution in [3.05, 3.63) is 22.0 Å². The minimum absolute atomic E-state index is 0.0452. The average Bonchev–Trinajstić information content (AvgIpc) is 2.44. The van der Waals surface area contributed by atoms with Crippen molar-refractivity contribution in [1.29, 1.82) is 0 Å². The third kappa shape index (κ3) is 3.17. The Hall–Kier alpha value is -1.65. The Bertz CT molecular complexity index is 554. The van der Waals surface area contributed by atoms with Crippen LogP contribution in [0.3, 0.4) is 0 Å². The summed E-state index contributed by atoms with van der Waals surface area (Å²) in [5.74, 6) is -1.45. The van der Waals surface area contributed by atoms with Crippen LogP contribution >= 0.6 is 0 Å². The van der Waals surface area contributed by atoms with Gasteiger partial charge in [-0.3, -0.25) is 0 Å². The Kier molecular flexibility index (Phi) is 4.49. The van der Waals surface area contributed by atoms with Gasteiger partial charge < -0.3 is 39.4 Å². The molecule has 5 atom stereocenters. The molecule has 1 aliphatic rings. The molecular weight excluding hydrogens is 288 g/mol. The molecule has 2 heterocycles. The first-order valence-corrected chi connectivity index (χ1v) is 6.17. The maximum absolute atomic E-state index is 10.9. The van der Waals surface area contributed by atoms with E-state index in [4.69, 9.17) is 9.47 Å². The predicted molar refractivity (Wildman–Crippen MR) is 65.5 cm³/mol. The number of rotatable bonds is 3. The minimum atomic E-state index is -1.50. The number of aliphatic hydroxyl groups excluding tert-OH is 3. The van der Waals surface area contributed by atoms with E-state index in [0.29, 0.717) is 0 Å². The van der Waals surface area contributed by atoms with Crippen molar-refractivity contribution in [2.45, 2.75) is 44.2 Å². The predicted octanol–water partition coefficient (Wildman–Crippen LogP) is -1.60. The fourth-order valence-electron chi connectivity index (χ4n) is 1.92. The molecule has 21 heavy (non-hydrogen) atoms. The van der Waals surface area contributed by atoms with Crippen LogP contribution in [0.1, 0.15) is 12.5 Å². The molecule has 5 N–H and O–H groups in total. The lowest BCUT2D eigenvalue weighted by Gasteiger charge is -2.38. The van der Waals surface area contributed by atoms with Gasteiger partial charge in [-0.25, -0.2) is 4.79 Å². The highest BCUT2D eigenvalue weighted by atomic mass is 16.7. The summed E-state index contributed by atoms with van der Waals surface area (Å²) in [6.07, 6.45) is -6.24. The molecule has 0 aliphatic carbocycles. The molecule has 118 valence electrons. The van der Waals surface area contributed by atoms with E-state index in [1.54, 1.807) is 0 Å². The summed E-state index contributed by atoms with van der Waals surface area (Å²) < 4.78 is 14.7. The van der Waals surface area contributed by atoms with Gasteiger partial charge in [0.05, 0.1) is 18.3 Å². The molecule has 1 fully saturated rings. The summed E-state index contributed by atoms with van der Waals surface area (Å²) >= 11 is 0.